The predicted octanol–water partition coefficient (Wildman–Crippen LogP) is 0.964. The van der Waals surface area contributed by atoms with Crippen molar-refractivity contribution in [3.8, 4) is 0 Å². The van der Waals surface area contributed by atoms with Crippen LogP contribution in [0.3, 0.4) is 0 Å². The summed E-state index contributed by atoms with van der Waals surface area (Å²) >= 11 is 0. The summed E-state index contributed by atoms with van der Waals surface area (Å²) in [5.74, 6) is -0.305. The van der Waals surface area contributed by atoms with Crippen LogP contribution >= 0.6 is 0 Å². The minimum atomic E-state index is -0.822. The van der Waals surface area contributed by atoms with Crippen molar-refractivity contribution in [2.75, 3.05) is 18.0 Å². The van der Waals surface area contributed by atoms with E-state index in [0.29, 0.717) is 0 Å². The molecule has 0 aliphatic carbocycles. The number of nitro benzene ring substituents is 2. The van der Waals surface area contributed by atoms with Gasteiger partial charge in [0, 0.05) is 13.0 Å². The normalized spacial score (nSPS) is 16.8. The lowest BCUT2D eigenvalue weighted by Crippen LogP contribution is -2.33. The van der Waals surface area contributed by atoms with Crippen LogP contribution < -0.4 is 10.2 Å². The molecule has 0 radical (unpaired) electrons. The Bertz CT molecular complexity index is 690. The molecule has 1 aliphatic heterocycles. The molecule has 2 amide bonds. The fraction of sp³-hybridized carbons (Fsp3) is 0.333. The molecule has 1 N–H and O–H groups in total. The minimum absolute atomic E-state index is 0.0161. The Morgan fingerprint density at radius 3 is 2.65 bits per heavy atom. The van der Waals surface area contributed by atoms with E-state index >= 15 is 0 Å². The lowest BCUT2D eigenvalue weighted by atomic mass is 10.2. The zero-order valence-electron chi connectivity index (χ0n) is 11.9. The number of hydrogen-bond donors (Lipinski definition) is 1. The number of nitrogens with zero attached hydrogens (tertiary/aromatic N) is 3. The lowest BCUT2D eigenvalue weighted by molar-refractivity contribution is -0.393. The fourth-order valence-electron chi connectivity index (χ4n) is 2.08. The summed E-state index contributed by atoms with van der Waals surface area (Å²) in [6, 6.07) is 2.97. The number of non-ortho nitro benzene ring substituents is 1. The van der Waals surface area contributed by atoms with Gasteiger partial charge in [-0.15, -0.1) is 0 Å². The molecule has 1 atom stereocenters. The molecule has 1 aromatic rings. The third kappa shape index (κ3) is 3.51. The molecule has 1 aliphatic rings. The SMILES string of the molecule is CC(=O)NC[C@H]1CN(c2ccc([N+](=O)[O-])cc2[N+](=O)[O-])C(=O)O1. The highest BCUT2D eigenvalue weighted by atomic mass is 16.6. The van der Waals surface area contributed by atoms with Crippen molar-refractivity contribution in [2.24, 2.45) is 0 Å². The Morgan fingerprint density at radius 2 is 2.09 bits per heavy atom. The number of benzene rings is 1. The van der Waals surface area contributed by atoms with E-state index < -0.39 is 33.4 Å². The molecule has 0 bridgehead atoms. The molecule has 1 heterocycles. The Balaban J connectivity index is 2.27. The van der Waals surface area contributed by atoms with Crippen LogP contribution in [0.25, 0.3) is 0 Å². The summed E-state index contributed by atoms with van der Waals surface area (Å²) in [7, 11) is 0. The highest BCUT2D eigenvalue weighted by Crippen LogP contribution is 2.34. The maximum absolute atomic E-state index is 11.9. The Kier molecular flexibility index (Phi) is 4.39. The van der Waals surface area contributed by atoms with Gasteiger partial charge in [-0.2, -0.15) is 0 Å². The standard InChI is InChI=1S/C12H12N4O7/c1-7(17)13-5-9-6-14(12(18)23-9)10-3-2-8(15(19)20)4-11(10)16(21)22/h2-4,9H,5-6H2,1H3,(H,13,17)/t9-/m0/s1. The number of nitrogens with one attached hydrogen (secondary N) is 1. The van der Waals surface area contributed by atoms with Crippen LogP contribution in [0.4, 0.5) is 21.9 Å². The van der Waals surface area contributed by atoms with E-state index in [9.17, 15) is 29.8 Å². The first kappa shape index (κ1) is 16.1. The molecule has 0 saturated carbocycles. The molecule has 1 aromatic carbocycles. The van der Waals surface area contributed by atoms with E-state index in [2.05, 4.69) is 5.32 Å². The zero-order valence-corrected chi connectivity index (χ0v) is 11.9. The molecule has 11 heteroatoms. The van der Waals surface area contributed by atoms with E-state index in [-0.39, 0.29) is 24.7 Å². The summed E-state index contributed by atoms with van der Waals surface area (Å²) < 4.78 is 5.01. The summed E-state index contributed by atoms with van der Waals surface area (Å²) in [4.78, 5) is 44.0. The summed E-state index contributed by atoms with van der Waals surface area (Å²) in [6.45, 7) is 1.35. The Morgan fingerprint density at radius 1 is 1.39 bits per heavy atom. The number of carbonyl (C=O) groups excluding carboxylic acids is 2. The van der Waals surface area contributed by atoms with Gasteiger partial charge in [-0.25, -0.2) is 4.79 Å². The number of ether oxygens (including phenoxy) is 1. The minimum Gasteiger partial charge on any atom is -0.442 e. The van der Waals surface area contributed by atoms with E-state index in [4.69, 9.17) is 4.74 Å². The van der Waals surface area contributed by atoms with Gasteiger partial charge < -0.3 is 10.1 Å². The first-order valence-electron chi connectivity index (χ1n) is 6.45. The monoisotopic (exact) mass is 324 g/mol. The molecule has 1 saturated heterocycles. The van der Waals surface area contributed by atoms with E-state index in [0.717, 1.165) is 23.1 Å². The lowest BCUT2D eigenvalue weighted by Gasteiger charge is -2.13. The largest absolute Gasteiger partial charge is 0.442 e. The number of rotatable bonds is 5. The first-order valence-corrected chi connectivity index (χ1v) is 6.45. The van der Waals surface area contributed by atoms with Crippen molar-refractivity contribution in [2.45, 2.75) is 13.0 Å². The van der Waals surface area contributed by atoms with Gasteiger partial charge in [0.2, 0.25) is 5.91 Å². The van der Waals surface area contributed by atoms with Crippen LogP contribution in [-0.4, -0.2) is 41.0 Å². The summed E-state index contributed by atoms with van der Waals surface area (Å²) in [6.07, 6.45) is -1.49. The molecule has 11 nitrogen and oxygen atoms in total. The second-order valence-corrected chi connectivity index (χ2v) is 4.74. The maximum Gasteiger partial charge on any atom is 0.415 e. The number of carbonyl (C=O) groups is 2. The highest BCUT2D eigenvalue weighted by molar-refractivity contribution is 5.93. The molecule has 0 spiro atoms. The zero-order chi connectivity index (χ0) is 17.1. The molecule has 0 unspecified atom stereocenters. The number of cyclic esters (lactones) is 1. The second-order valence-electron chi connectivity index (χ2n) is 4.74. The van der Waals surface area contributed by atoms with E-state index in [1.54, 1.807) is 0 Å². The van der Waals surface area contributed by atoms with Crippen LogP contribution in [0, 0.1) is 20.2 Å². The first-order chi connectivity index (χ1) is 10.8. The summed E-state index contributed by atoms with van der Waals surface area (Å²) in [5.41, 5.74) is -1.13. The van der Waals surface area contributed by atoms with Crippen LogP contribution in [-0.2, 0) is 9.53 Å². The quantitative estimate of drug-likeness (QED) is 0.627. The van der Waals surface area contributed by atoms with Gasteiger partial charge in [0.25, 0.3) is 11.4 Å². The van der Waals surface area contributed by atoms with Gasteiger partial charge in [-0.1, -0.05) is 0 Å². The third-order valence-electron chi connectivity index (χ3n) is 3.11. The van der Waals surface area contributed by atoms with Crippen molar-refractivity contribution in [1.82, 2.24) is 5.32 Å². The second kappa shape index (κ2) is 6.25. The molecule has 23 heavy (non-hydrogen) atoms. The van der Waals surface area contributed by atoms with Crippen molar-refractivity contribution < 1.29 is 24.2 Å². The van der Waals surface area contributed by atoms with Crippen LogP contribution in [0.1, 0.15) is 6.92 Å². The fourth-order valence-corrected chi connectivity index (χ4v) is 2.08. The average Bonchev–Trinajstić information content (AvgIpc) is 2.85. The van der Waals surface area contributed by atoms with Crippen molar-refractivity contribution in [3.63, 3.8) is 0 Å². The van der Waals surface area contributed by atoms with Gasteiger partial charge >= 0.3 is 6.09 Å². The van der Waals surface area contributed by atoms with Gasteiger partial charge in [0.05, 0.1) is 29.0 Å². The van der Waals surface area contributed by atoms with Crippen molar-refractivity contribution >= 4 is 29.1 Å². The molecular weight excluding hydrogens is 312 g/mol. The van der Waals surface area contributed by atoms with Crippen molar-refractivity contribution in [1.29, 1.82) is 0 Å². The van der Waals surface area contributed by atoms with Crippen molar-refractivity contribution in [3.05, 3.63) is 38.4 Å². The van der Waals surface area contributed by atoms with Gasteiger partial charge in [-0.3, -0.25) is 29.9 Å². The molecule has 2 rings (SSSR count). The average molecular weight is 324 g/mol. The third-order valence-corrected chi connectivity index (χ3v) is 3.11. The smallest absolute Gasteiger partial charge is 0.415 e. The molecule has 122 valence electrons. The number of nitro groups is 2. The van der Waals surface area contributed by atoms with Gasteiger partial charge in [0.15, 0.2) is 0 Å². The molecule has 0 aromatic heterocycles. The van der Waals surface area contributed by atoms with Gasteiger partial charge in [0.1, 0.15) is 11.8 Å². The van der Waals surface area contributed by atoms with Crippen LogP contribution in [0.15, 0.2) is 18.2 Å². The number of anilines is 1. The molecule has 1 fully saturated rings. The highest BCUT2D eigenvalue weighted by Gasteiger charge is 2.36. The Labute approximate surface area is 129 Å². The van der Waals surface area contributed by atoms with E-state index in [1.807, 2.05) is 0 Å². The number of amides is 2. The summed E-state index contributed by atoms with van der Waals surface area (Å²) in [5, 5.41) is 24.3. The number of hydrogen-bond acceptors (Lipinski definition) is 7. The topological polar surface area (TPSA) is 145 Å². The van der Waals surface area contributed by atoms with Crippen LogP contribution in [0.5, 0.6) is 0 Å². The van der Waals surface area contributed by atoms with Crippen LogP contribution in [0.2, 0.25) is 0 Å². The predicted molar refractivity (Wildman–Crippen MR) is 76.0 cm³/mol. The Hall–Kier alpha value is -3.24. The van der Waals surface area contributed by atoms with Gasteiger partial charge in [-0.05, 0) is 6.07 Å². The molecular formula is C12H12N4O7. The maximum atomic E-state index is 11.9. The van der Waals surface area contributed by atoms with E-state index in [1.165, 1.54) is 6.92 Å².